The van der Waals surface area contributed by atoms with Gasteiger partial charge in [-0.1, -0.05) is 12.1 Å². The third-order valence-electron chi connectivity index (χ3n) is 5.66. The van der Waals surface area contributed by atoms with Gasteiger partial charge in [-0.2, -0.15) is 0 Å². The third kappa shape index (κ3) is 4.22. The van der Waals surface area contributed by atoms with Crippen molar-refractivity contribution >= 4 is 5.91 Å². The number of hydrogen-bond donors (Lipinski definition) is 0. The number of benzene rings is 1. The Labute approximate surface area is 176 Å². The lowest BCUT2D eigenvalue weighted by molar-refractivity contribution is -0.134. The number of nitrogens with zero attached hydrogens (tertiary/aromatic N) is 4. The number of halogens is 1. The molecule has 2 aromatic heterocycles. The second-order valence-electron chi connectivity index (χ2n) is 7.81. The van der Waals surface area contributed by atoms with E-state index in [1.54, 1.807) is 18.3 Å². The minimum Gasteiger partial charge on any atom is -0.334 e. The molecule has 0 spiro atoms. The predicted molar refractivity (Wildman–Crippen MR) is 113 cm³/mol. The standard InChI is InChI=1S/C24H25FN4O/c1-16-14-26-11-10-20(16)21-15-27-17(2)28-24(21)22-5-3-4-12-29(22)23(30)13-18-6-8-19(25)9-7-18/h6-11,14-15,22H,3-5,12-13H2,1-2H3/t22-/m1/s1. The van der Waals surface area contributed by atoms with Gasteiger partial charge >= 0.3 is 0 Å². The summed E-state index contributed by atoms with van der Waals surface area (Å²) in [4.78, 5) is 28.6. The number of carbonyl (C=O) groups excluding carboxylic acids is 1. The molecule has 3 heterocycles. The van der Waals surface area contributed by atoms with Crippen molar-refractivity contribution < 1.29 is 9.18 Å². The van der Waals surface area contributed by atoms with Crippen molar-refractivity contribution in [2.24, 2.45) is 0 Å². The first-order valence-corrected chi connectivity index (χ1v) is 10.3. The molecule has 0 aliphatic carbocycles. The van der Waals surface area contributed by atoms with Crippen LogP contribution in [0.15, 0.2) is 48.9 Å². The molecule has 1 aromatic carbocycles. The second-order valence-corrected chi connectivity index (χ2v) is 7.81. The highest BCUT2D eigenvalue weighted by molar-refractivity contribution is 5.80. The van der Waals surface area contributed by atoms with Gasteiger partial charge in [-0.25, -0.2) is 14.4 Å². The fourth-order valence-corrected chi connectivity index (χ4v) is 4.12. The molecular weight excluding hydrogens is 379 g/mol. The van der Waals surface area contributed by atoms with Gasteiger partial charge in [0.1, 0.15) is 11.6 Å². The van der Waals surface area contributed by atoms with Crippen LogP contribution in [0.2, 0.25) is 0 Å². The summed E-state index contributed by atoms with van der Waals surface area (Å²) in [7, 11) is 0. The number of amides is 1. The van der Waals surface area contributed by atoms with Gasteiger partial charge < -0.3 is 4.90 Å². The molecule has 4 rings (SSSR count). The topological polar surface area (TPSA) is 59.0 Å². The highest BCUT2D eigenvalue weighted by atomic mass is 19.1. The maximum Gasteiger partial charge on any atom is 0.227 e. The molecule has 0 bridgehead atoms. The van der Waals surface area contributed by atoms with E-state index in [-0.39, 0.29) is 24.2 Å². The number of piperidine rings is 1. The van der Waals surface area contributed by atoms with Crippen molar-refractivity contribution in [2.45, 2.75) is 45.6 Å². The van der Waals surface area contributed by atoms with Crippen LogP contribution in [0, 0.1) is 19.7 Å². The minimum absolute atomic E-state index is 0.0416. The van der Waals surface area contributed by atoms with E-state index < -0.39 is 0 Å². The van der Waals surface area contributed by atoms with Crippen LogP contribution in [0.3, 0.4) is 0 Å². The predicted octanol–water partition coefficient (Wildman–Crippen LogP) is 4.59. The molecule has 30 heavy (non-hydrogen) atoms. The lowest BCUT2D eigenvalue weighted by Gasteiger charge is -2.36. The molecule has 3 aromatic rings. The Morgan fingerprint density at radius 2 is 1.90 bits per heavy atom. The molecule has 0 radical (unpaired) electrons. The van der Waals surface area contributed by atoms with Crippen LogP contribution in [0.5, 0.6) is 0 Å². The molecule has 1 saturated heterocycles. The Kier molecular flexibility index (Phi) is 5.84. The average Bonchev–Trinajstić information content (AvgIpc) is 2.76. The summed E-state index contributed by atoms with van der Waals surface area (Å²) in [6.07, 6.45) is 8.59. The maximum atomic E-state index is 13.2. The maximum absolute atomic E-state index is 13.2. The fraction of sp³-hybridized carbons (Fsp3) is 0.333. The molecule has 1 aliphatic rings. The molecule has 154 valence electrons. The molecule has 6 heteroatoms. The summed E-state index contributed by atoms with van der Waals surface area (Å²) in [6.45, 7) is 4.59. The van der Waals surface area contributed by atoms with Gasteiger partial charge in [0.2, 0.25) is 5.91 Å². The van der Waals surface area contributed by atoms with Gasteiger partial charge in [0.15, 0.2) is 0 Å². The van der Waals surface area contributed by atoms with Crippen molar-refractivity contribution in [1.29, 1.82) is 0 Å². The third-order valence-corrected chi connectivity index (χ3v) is 5.66. The largest absolute Gasteiger partial charge is 0.334 e. The van der Waals surface area contributed by atoms with E-state index in [1.807, 2.05) is 37.2 Å². The SMILES string of the molecule is Cc1ncc(-c2ccncc2C)c([C@H]2CCCCN2C(=O)Cc2ccc(F)cc2)n1. The number of aromatic nitrogens is 3. The first kappa shape index (κ1) is 20.1. The van der Waals surface area contributed by atoms with Crippen molar-refractivity contribution in [1.82, 2.24) is 19.9 Å². The molecule has 1 aliphatic heterocycles. The molecule has 5 nitrogen and oxygen atoms in total. The molecule has 1 amide bonds. The van der Waals surface area contributed by atoms with Crippen LogP contribution in [0.1, 0.15) is 47.9 Å². The van der Waals surface area contributed by atoms with Crippen molar-refractivity contribution in [3.8, 4) is 11.1 Å². The zero-order valence-electron chi connectivity index (χ0n) is 17.3. The normalized spacial score (nSPS) is 16.5. The van der Waals surface area contributed by atoms with Gasteiger partial charge in [0.25, 0.3) is 0 Å². The number of pyridine rings is 1. The van der Waals surface area contributed by atoms with Crippen molar-refractivity contribution in [3.05, 3.63) is 77.4 Å². The highest BCUT2D eigenvalue weighted by Gasteiger charge is 2.31. The molecule has 1 atom stereocenters. The molecule has 1 fully saturated rings. The lowest BCUT2D eigenvalue weighted by atomic mass is 9.92. The fourth-order valence-electron chi connectivity index (χ4n) is 4.12. The summed E-state index contributed by atoms with van der Waals surface area (Å²) in [5, 5.41) is 0. The zero-order valence-corrected chi connectivity index (χ0v) is 17.3. The monoisotopic (exact) mass is 404 g/mol. The summed E-state index contributed by atoms with van der Waals surface area (Å²) in [5.74, 6) is 0.438. The smallest absolute Gasteiger partial charge is 0.227 e. The number of aryl methyl sites for hydroxylation is 2. The van der Waals surface area contributed by atoms with E-state index in [1.165, 1.54) is 12.1 Å². The first-order chi connectivity index (χ1) is 14.5. The number of hydrogen-bond acceptors (Lipinski definition) is 4. The van der Waals surface area contributed by atoms with E-state index in [9.17, 15) is 9.18 Å². The van der Waals surface area contributed by atoms with E-state index in [2.05, 4.69) is 9.97 Å². The summed E-state index contributed by atoms with van der Waals surface area (Å²) in [5.41, 5.74) is 4.74. The van der Waals surface area contributed by atoms with E-state index >= 15 is 0 Å². The van der Waals surface area contributed by atoms with E-state index in [0.29, 0.717) is 12.4 Å². The Morgan fingerprint density at radius 3 is 2.67 bits per heavy atom. The van der Waals surface area contributed by atoms with E-state index in [0.717, 1.165) is 47.2 Å². The van der Waals surface area contributed by atoms with Crippen LogP contribution in [0.4, 0.5) is 4.39 Å². The van der Waals surface area contributed by atoms with Crippen LogP contribution in [-0.4, -0.2) is 32.3 Å². The number of rotatable bonds is 4. The minimum atomic E-state index is -0.295. The molecule has 0 saturated carbocycles. The Morgan fingerprint density at radius 1 is 1.10 bits per heavy atom. The number of likely N-dealkylation sites (tertiary alicyclic amines) is 1. The van der Waals surface area contributed by atoms with Crippen LogP contribution < -0.4 is 0 Å². The van der Waals surface area contributed by atoms with Gasteiger partial charge in [-0.05, 0) is 68.0 Å². The Balaban J connectivity index is 1.69. The molecular formula is C24H25FN4O. The number of carbonyl (C=O) groups is 1. The van der Waals surface area contributed by atoms with Gasteiger partial charge in [-0.3, -0.25) is 9.78 Å². The van der Waals surface area contributed by atoms with Gasteiger partial charge in [0.05, 0.1) is 18.2 Å². The van der Waals surface area contributed by atoms with Crippen LogP contribution in [0.25, 0.3) is 11.1 Å². The summed E-state index contributed by atoms with van der Waals surface area (Å²) >= 11 is 0. The average molecular weight is 404 g/mol. The van der Waals surface area contributed by atoms with Crippen molar-refractivity contribution in [2.75, 3.05) is 6.54 Å². The summed E-state index contributed by atoms with van der Waals surface area (Å²) in [6, 6.07) is 8.01. The molecule has 0 unspecified atom stereocenters. The molecule has 0 N–H and O–H groups in total. The first-order valence-electron chi connectivity index (χ1n) is 10.3. The zero-order chi connectivity index (χ0) is 21.1. The lowest BCUT2D eigenvalue weighted by Crippen LogP contribution is -2.40. The van der Waals surface area contributed by atoms with Gasteiger partial charge in [-0.15, -0.1) is 0 Å². The second kappa shape index (κ2) is 8.69. The highest BCUT2D eigenvalue weighted by Crippen LogP contribution is 2.36. The van der Waals surface area contributed by atoms with Crippen LogP contribution >= 0.6 is 0 Å². The Bertz CT molecular complexity index is 1050. The van der Waals surface area contributed by atoms with Gasteiger partial charge in [0, 0.05) is 30.7 Å². The van der Waals surface area contributed by atoms with Crippen LogP contribution in [-0.2, 0) is 11.2 Å². The van der Waals surface area contributed by atoms with E-state index in [4.69, 9.17) is 4.98 Å². The summed E-state index contributed by atoms with van der Waals surface area (Å²) < 4.78 is 13.2. The van der Waals surface area contributed by atoms with Crippen molar-refractivity contribution in [3.63, 3.8) is 0 Å². The Hall–Kier alpha value is -3.15. The quantitative estimate of drug-likeness (QED) is 0.638.